The minimum atomic E-state index is -0.479. The third-order valence-corrected chi connectivity index (χ3v) is 5.61. The highest BCUT2D eigenvalue weighted by molar-refractivity contribution is 7.98. The van der Waals surface area contributed by atoms with Crippen LogP contribution in [0.2, 0.25) is 0 Å². The molecule has 1 amide bonds. The monoisotopic (exact) mass is 393 g/mol. The molecule has 3 rings (SSSR count). The van der Waals surface area contributed by atoms with Gasteiger partial charge in [-0.3, -0.25) is 4.79 Å². The maximum Gasteiger partial charge on any atom is 0.261 e. The second-order valence-electron chi connectivity index (χ2n) is 6.82. The van der Waals surface area contributed by atoms with E-state index in [0.29, 0.717) is 13.0 Å². The van der Waals surface area contributed by atoms with Crippen LogP contribution in [0.15, 0.2) is 66.7 Å². The Bertz CT molecular complexity index is 920. The number of hydrogen-bond acceptors (Lipinski definition) is 3. The van der Waals surface area contributed by atoms with Crippen LogP contribution in [-0.4, -0.2) is 24.3 Å². The molecule has 0 saturated heterocycles. The third-order valence-electron chi connectivity index (χ3n) is 4.58. The molecule has 0 saturated carbocycles. The van der Waals surface area contributed by atoms with Gasteiger partial charge in [0.15, 0.2) is 6.10 Å². The van der Waals surface area contributed by atoms with Gasteiger partial charge in [-0.05, 0) is 30.4 Å². The van der Waals surface area contributed by atoms with E-state index in [0.717, 1.165) is 28.0 Å². The largest absolute Gasteiger partial charge is 0.480 e. The van der Waals surface area contributed by atoms with E-state index in [-0.39, 0.29) is 5.91 Å². The quantitative estimate of drug-likeness (QED) is 0.498. The zero-order valence-electron chi connectivity index (χ0n) is 16.5. The van der Waals surface area contributed by atoms with Gasteiger partial charge in [-0.15, -0.1) is 0 Å². The van der Waals surface area contributed by atoms with Gasteiger partial charge >= 0.3 is 0 Å². The molecule has 0 aliphatic heterocycles. The predicted molar refractivity (Wildman–Crippen MR) is 119 cm³/mol. The predicted octanol–water partition coefficient (Wildman–Crippen LogP) is 5.36. The van der Waals surface area contributed by atoms with Gasteiger partial charge in [0.25, 0.3) is 5.91 Å². The van der Waals surface area contributed by atoms with Crippen LogP contribution < -0.4 is 10.1 Å². The molecule has 0 heterocycles. The molecule has 28 heavy (non-hydrogen) atoms. The van der Waals surface area contributed by atoms with Crippen LogP contribution in [-0.2, 0) is 10.5 Å². The Morgan fingerprint density at radius 3 is 2.68 bits per heavy atom. The molecule has 0 bridgehead atoms. The number of benzene rings is 3. The minimum Gasteiger partial charge on any atom is -0.480 e. The Morgan fingerprint density at radius 2 is 1.86 bits per heavy atom. The summed E-state index contributed by atoms with van der Waals surface area (Å²) in [6.45, 7) is 4.72. The Kier molecular flexibility index (Phi) is 7.38. The lowest BCUT2D eigenvalue weighted by Gasteiger charge is -2.18. The number of ether oxygens (including phenoxy) is 1. The SMILES string of the molecule is CC[C@H](Oc1cccc2ccccc12)C(=O)NCCSCc1cccc(C)c1. The molecule has 4 heteroatoms. The van der Waals surface area contributed by atoms with Crippen LogP contribution in [0.1, 0.15) is 24.5 Å². The first kappa shape index (κ1) is 20.3. The number of carbonyl (C=O) groups excluding carboxylic acids is 1. The molecule has 0 fully saturated rings. The topological polar surface area (TPSA) is 38.3 Å². The molecule has 3 aromatic carbocycles. The second-order valence-corrected chi connectivity index (χ2v) is 7.93. The van der Waals surface area contributed by atoms with Gasteiger partial charge in [-0.2, -0.15) is 11.8 Å². The van der Waals surface area contributed by atoms with E-state index in [2.05, 4.69) is 48.6 Å². The van der Waals surface area contributed by atoms with Gasteiger partial charge in [0.2, 0.25) is 0 Å². The lowest BCUT2D eigenvalue weighted by molar-refractivity contribution is -0.127. The number of carbonyl (C=O) groups is 1. The van der Waals surface area contributed by atoms with Gasteiger partial charge < -0.3 is 10.1 Å². The van der Waals surface area contributed by atoms with Crippen LogP contribution >= 0.6 is 11.8 Å². The van der Waals surface area contributed by atoms with Crippen molar-refractivity contribution in [2.24, 2.45) is 0 Å². The van der Waals surface area contributed by atoms with Crippen LogP contribution in [0.5, 0.6) is 5.75 Å². The summed E-state index contributed by atoms with van der Waals surface area (Å²) in [4.78, 5) is 12.5. The standard InChI is InChI=1S/C24H27NO2S/c1-3-22(27-23-13-7-11-20-10-4-5-12-21(20)23)24(26)25-14-15-28-17-19-9-6-8-18(2)16-19/h4-13,16,22H,3,14-15,17H2,1-2H3,(H,25,26)/t22-/m0/s1. The maximum atomic E-state index is 12.5. The highest BCUT2D eigenvalue weighted by atomic mass is 32.2. The van der Waals surface area contributed by atoms with Crippen LogP contribution in [0, 0.1) is 6.92 Å². The number of fused-ring (bicyclic) bond motifs is 1. The van der Waals surface area contributed by atoms with E-state index in [1.165, 1.54) is 11.1 Å². The van der Waals surface area contributed by atoms with Crippen molar-refractivity contribution in [3.8, 4) is 5.75 Å². The molecule has 0 unspecified atom stereocenters. The highest BCUT2D eigenvalue weighted by Crippen LogP contribution is 2.26. The summed E-state index contributed by atoms with van der Waals surface area (Å²) in [6, 6.07) is 22.5. The van der Waals surface area contributed by atoms with E-state index >= 15 is 0 Å². The van der Waals surface area contributed by atoms with Gasteiger partial charge in [0.1, 0.15) is 5.75 Å². The van der Waals surface area contributed by atoms with Crippen molar-refractivity contribution < 1.29 is 9.53 Å². The van der Waals surface area contributed by atoms with Gasteiger partial charge in [-0.1, -0.05) is 73.2 Å². The molecule has 146 valence electrons. The fourth-order valence-corrected chi connectivity index (χ4v) is 3.93. The molecular weight excluding hydrogens is 366 g/mol. The van der Waals surface area contributed by atoms with E-state index < -0.39 is 6.10 Å². The van der Waals surface area contributed by atoms with Crippen molar-refractivity contribution in [3.63, 3.8) is 0 Å². The van der Waals surface area contributed by atoms with Crippen molar-refractivity contribution in [2.45, 2.75) is 32.1 Å². The van der Waals surface area contributed by atoms with E-state index in [1.54, 1.807) is 0 Å². The molecule has 0 aromatic heterocycles. The first-order valence-corrected chi connectivity index (χ1v) is 10.9. The number of hydrogen-bond donors (Lipinski definition) is 1. The van der Waals surface area contributed by atoms with Crippen molar-refractivity contribution >= 4 is 28.4 Å². The molecule has 0 radical (unpaired) electrons. The maximum absolute atomic E-state index is 12.5. The lowest BCUT2D eigenvalue weighted by atomic mass is 10.1. The van der Waals surface area contributed by atoms with Crippen molar-refractivity contribution in [1.82, 2.24) is 5.32 Å². The first-order valence-electron chi connectivity index (χ1n) is 9.73. The fraction of sp³-hybridized carbons (Fsp3) is 0.292. The normalized spacial score (nSPS) is 11.9. The molecular formula is C24H27NO2S. The van der Waals surface area contributed by atoms with Gasteiger partial charge in [-0.25, -0.2) is 0 Å². The third kappa shape index (κ3) is 5.52. The number of thioether (sulfide) groups is 1. The van der Waals surface area contributed by atoms with Crippen molar-refractivity contribution in [2.75, 3.05) is 12.3 Å². The Hall–Kier alpha value is -2.46. The van der Waals surface area contributed by atoms with Crippen LogP contribution in [0.4, 0.5) is 0 Å². The number of rotatable bonds is 9. The molecule has 0 aliphatic rings. The summed E-state index contributed by atoms with van der Waals surface area (Å²) in [6.07, 6.45) is 0.151. The highest BCUT2D eigenvalue weighted by Gasteiger charge is 2.18. The average Bonchev–Trinajstić information content (AvgIpc) is 2.71. The van der Waals surface area contributed by atoms with Crippen molar-refractivity contribution in [1.29, 1.82) is 0 Å². The summed E-state index contributed by atoms with van der Waals surface area (Å²) in [5, 5.41) is 5.16. The molecule has 1 N–H and O–H groups in total. The molecule has 0 aliphatic carbocycles. The van der Waals surface area contributed by atoms with Crippen LogP contribution in [0.25, 0.3) is 10.8 Å². The van der Waals surface area contributed by atoms with Gasteiger partial charge in [0, 0.05) is 23.4 Å². The summed E-state index contributed by atoms with van der Waals surface area (Å²) in [7, 11) is 0. The zero-order chi connectivity index (χ0) is 19.8. The molecule has 0 spiro atoms. The van der Waals surface area contributed by atoms with E-state index in [9.17, 15) is 4.79 Å². The summed E-state index contributed by atoms with van der Waals surface area (Å²) in [5.41, 5.74) is 2.60. The lowest BCUT2D eigenvalue weighted by Crippen LogP contribution is -2.39. The smallest absolute Gasteiger partial charge is 0.261 e. The Morgan fingerprint density at radius 1 is 1.07 bits per heavy atom. The average molecular weight is 394 g/mol. The fourth-order valence-electron chi connectivity index (χ4n) is 3.13. The van der Waals surface area contributed by atoms with E-state index in [4.69, 9.17) is 4.74 Å². The second kappa shape index (κ2) is 10.2. The summed E-state index contributed by atoms with van der Waals surface area (Å²) < 4.78 is 6.06. The van der Waals surface area contributed by atoms with Gasteiger partial charge in [0.05, 0.1) is 0 Å². The minimum absolute atomic E-state index is 0.0495. The van der Waals surface area contributed by atoms with Crippen molar-refractivity contribution in [3.05, 3.63) is 77.9 Å². The molecule has 1 atom stereocenters. The first-order chi connectivity index (χ1) is 13.7. The Balaban J connectivity index is 1.48. The van der Waals surface area contributed by atoms with Crippen LogP contribution in [0.3, 0.4) is 0 Å². The zero-order valence-corrected chi connectivity index (χ0v) is 17.3. The molecule has 3 aromatic rings. The number of nitrogens with one attached hydrogen (secondary N) is 1. The molecule has 3 nitrogen and oxygen atoms in total. The number of amides is 1. The summed E-state index contributed by atoms with van der Waals surface area (Å²) in [5.74, 6) is 2.55. The summed E-state index contributed by atoms with van der Waals surface area (Å²) >= 11 is 1.83. The van der Waals surface area contributed by atoms with E-state index in [1.807, 2.05) is 49.0 Å². The number of aryl methyl sites for hydroxylation is 1. The Labute approximate surface area is 171 Å².